The normalized spacial score (nSPS) is 8.70. The summed E-state index contributed by atoms with van der Waals surface area (Å²) in [5.41, 5.74) is 0. The maximum atomic E-state index is 10.5. The summed E-state index contributed by atoms with van der Waals surface area (Å²) in [5.74, 6) is 4.51. The minimum Gasteiger partial charge on any atom is -0.358 e. The Kier molecular flexibility index (Phi) is 3.42. The maximum Gasteiger partial charge on any atom is 0.241 e. The van der Waals surface area contributed by atoms with E-state index in [0.29, 0.717) is 0 Å². The summed E-state index contributed by atoms with van der Waals surface area (Å²) >= 11 is 0. The first-order chi connectivity index (χ1) is 4.57. The molecule has 5 nitrogen and oxygen atoms in total. The van der Waals surface area contributed by atoms with E-state index in [4.69, 9.17) is 5.84 Å². The summed E-state index contributed by atoms with van der Waals surface area (Å²) in [7, 11) is 1.48. The van der Waals surface area contributed by atoms with Crippen molar-refractivity contribution < 1.29 is 9.59 Å². The number of nitrogens with one attached hydrogen (secondary N) is 1. The van der Waals surface area contributed by atoms with Crippen LogP contribution in [0.1, 0.15) is 6.92 Å². The molecule has 0 aromatic carbocycles. The van der Waals surface area contributed by atoms with Crippen LogP contribution in [-0.2, 0) is 9.59 Å². The lowest BCUT2D eigenvalue weighted by atomic mass is 10.5. The lowest BCUT2D eigenvalue weighted by molar-refractivity contribution is -0.134. The molecule has 0 aliphatic carbocycles. The SMILES string of the molecule is CNC(=O)CN(N)C(C)=O. The number of amides is 2. The maximum absolute atomic E-state index is 10.5. The number of hydrogen-bond acceptors (Lipinski definition) is 3. The van der Waals surface area contributed by atoms with Crippen molar-refractivity contribution in [1.29, 1.82) is 0 Å². The molecule has 3 N–H and O–H groups in total. The van der Waals surface area contributed by atoms with Crippen LogP contribution in [0.3, 0.4) is 0 Å². The zero-order valence-electron chi connectivity index (χ0n) is 6.05. The fraction of sp³-hybridized carbons (Fsp3) is 0.600. The number of nitrogens with zero attached hydrogens (tertiary/aromatic N) is 1. The predicted molar refractivity (Wildman–Crippen MR) is 35.6 cm³/mol. The van der Waals surface area contributed by atoms with Crippen LogP contribution in [0, 0.1) is 0 Å². The van der Waals surface area contributed by atoms with E-state index in [1.54, 1.807) is 0 Å². The van der Waals surface area contributed by atoms with Gasteiger partial charge in [0.25, 0.3) is 0 Å². The van der Waals surface area contributed by atoms with Crippen LogP contribution in [0.15, 0.2) is 0 Å². The molecule has 0 fully saturated rings. The number of carbonyl (C=O) groups is 2. The van der Waals surface area contributed by atoms with E-state index in [-0.39, 0.29) is 18.4 Å². The van der Waals surface area contributed by atoms with E-state index in [0.717, 1.165) is 5.01 Å². The van der Waals surface area contributed by atoms with E-state index in [9.17, 15) is 9.59 Å². The Morgan fingerprint density at radius 3 is 2.40 bits per heavy atom. The van der Waals surface area contributed by atoms with Crippen LogP contribution in [0.25, 0.3) is 0 Å². The van der Waals surface area contributed by atoms with Crippen LogP contribution < -0.4 is 11.2 Å². The second-order valence-corrected chi connectivity index (χ2v) is 1.82. The Morgan fingerprint density at radius 1 is 1.60 bits per heavy atom. The Morgan fingerprint density at radius 2 is 2.10 bits per heavy atom. The van der Waals surface area contributed by atoms with Crippen molar-refractivity contribution in [1.82, 2.24) is 10.3 Å². The van der Waals surface area contributed by atoms with Crippen LogP contribution >= 0.6 is 0 Å². The predicted octanol–water partition coefficient (Wildman–Crippen LogP) is -1.55. The average Bonchev–Trinajstić information content (AvgIpc) is 1.87. The molecule has 0 saturated heterocycles. The van der Waals surface area contributed by atoms with E-state index in [1.807, 2.05) is 0 Å². The van der Waals surface area contributed by atoms with Crippen molar-refractivity contribution in [2.24, 2.45) is 5.84 Å². The van der Waals surface area contributed by atoms with Crippen LogP contribution in [-0.4, -0.2) is 30.4 Å². The Balaban J connectivity index is 3.68. The fourth-order valence-corrected chi connectivity index (χ4v) is 0.345. The van der Waals surface area contributed by atoms with Gasteiger partial charge in [-0.15, -0.1) is 0 Å². The molecule has 0 radical (unpaired) electrons. The molecule has 0 aromatic rings. The zero-order valence-corrected chi connectivity index (χ0v) is 6.05. The van der Waals surface area contributed by atoms with E-state index < -0.39 is 0 Å². The molecule has 0 unspecified atom stereocenters. The first-order valence-electron chi connectivity index (χ1n) is 2.81. The second kappa shape index (κ2) is 3.84. The summed E-state index contributed by atoms with van der Waals surface area (Å²) in [5, 5.41) is 3.18. The minimum absolute atomic E-state index is 0.0914. The van der Waals surface area contributed by atoms with Gasteiger partial charge < -0.3 is 5.32 Å². The van der Waals surface area contributed by atoms with Crippen LogP contribution in [0.5, 0.6) is 0 Å². The number of hydrazine groups is 1. The molecule has 0 aromatic heterocycles. The average molecular weight is 145 g/mol. The number of likely N-dealkylation sites (N-methyl/N-ethyl adjacent to an activating group) is 1. The molecule has 0 aliphatic rings. The van der Waals surface area contributed by atoms with Crippen molar-refractivity contribution in [3.63, 3.8) is 0 Å². The van der Waals surface area contributed by atoms with Crippen molar-refractivity contribution in [2.45, 2.75) is 6.92 Å². The summed E-state index contributed by atoms with van der Waals surface area (Å²) in [6, 6.07) is 0. The molecule has 0 rings (SSSR count). The van der Waals surface area contributed by atoms with Gasteiger partial charge in [-0.25, -0.2) is 5.84 Å². The molecule has 0 saturated carbocycles. The third-order valence-corrected chi connectivity index (χ3v) is 0.997. The largest absolute Gasteiger partial charge is 0.358 e. The van der Waals surface area contributed by atoms with E-state index >= 15 is 0 Å². The van der Waals surface area contributed by atoms with Crippen molar-refractivity contribution >= 4 is 11.8 Å². The van der Waals surface area contributed by atoms with Gasteiger partial charge in [0.05, 0.1) is 0 Å². The highest BCUT2D eigenvalue weighted by Gasteiger charge is 2.06. The first-order valence-corrected chi connectivity index (χ1v) is 2.81. The Labute approximate surface area is 59.1 Å². The highest BCUT2D eigenvalue weighted by molar-refractivity contribution is 5.83. The summed E-state index contributed by atoms with van der Waals surface area (Å²) < 4.78 is 0. The van der Waals surface area contributed by atoms with Crippen LogP contribution in [0.4, 0.5) is 0 Å². The Bertz CT molecular complexity index is 146. The van der Waals surface area contributed by atoms with Gasteiger partial charge in [-0.2, -0.15) is 0 Å². The molecule has 5 heteroatoms. The lowest BCUT2D eigenvalue weighted by Crippen LogP contribution is -2.42. The molecule has 10 heavy (non-hydrogen) atoms. The number of carbonyl (C=O) groups excluding carboxylic acids is 2. The smallest absolute Gasteiger partial charge is 0.241 e. The quantitative estimate of drug-likeness (QED) is 0.281. The molecule has 0 bridgehead atoms. The third-order valence-electron chi connectivity index (χ3n) is 0.997. The van der Waals surface area contributed by atoms with Crippen molar-refractivity contribution in [2.75, 3.05) is 13.6 Å². The van der Waals surface area contributed by atoms with Gasteiger partial charge in [-0.3, -0.25) is 14.6 Å². The van der Waals surface area contributed by atoms with Crippen molar-refractivity contribution in [3.8, 4) is 0 Å². The molecule has 0 heterocycles. The van der Waals surface area contributed by atoms with E-state index in [2.05, 4.69) is 5.32 Å². The number of nitrogens with two attached hydrogens (primary N) is 1. The molecular weight excluding hydrogens is 134 g/mol. The number of hydrogen-bond donors (Lipinski definition) is 2. The molecule has 0 aliphatic heterocycles. The highest BCUT2D eigenvalue weighted by Crippen LogP contribution is 1.76. The minimum atomic E-state index is -0.330. The van der Waals surface area contributed by atoms with Gasteiger partial charge in [0.2, 0.25) is 11.8 Å². The van der Waals surface area contributed by atoms with Crippen molar-refractivity contribution in [3.05, 3.63) is 0 Å². The standard InChI is InChI=1S/C5H11N3O2/c1-4(9)8(6)3-5(10)7-2/h3,6H2,1-2H3,(H,7,10). The summed E-state index contributed by atoms with van der Waals surface area (Å²) in [6.07, 6.45) is 0. The molecule has 0 spiro atoms. The monoisotopic (exact) mass is 145 g/mol. The lowest BCUT2D eigenvalue weighted by Gasteiger charge is -2.11. The van der Waals surface area contributed by atoms with Crippen LogP contribution in [0.2, 0.25) is 0 Å². The highest BCUT2D eigenvalue weighted by atomic mass is 16.2. The van der Waals surface area contributed by atoms with Gasteiger partial charge in [0.1, 0.15) is 6.54 Å². The molecule has 58 valence electrons. The number of rotatable bonds is 2. The third kappa shape index (κ3) is 3.03. The van der Waals surface area contributed by atoms with Gasteiger partial charge >= 0.3 is 0 Å². The topological polar surface area (TPSA) is 75.4 Å². The van der Waals surface area contributed by atoms with Gasteiger partial charge in [0.15, 0.2) is 0 Å². The molecule has 0 atom stereocenters. The Hall–Kier alpha value is -1.10. The van der Waals surface area contributed by atoms with Gasteiger partial charge in [-0.05, 0) is 0 Å². The molecule has 2 amide bonds. The first kappa shape index (κ1) is 8.90. The van der Waals surface area contributed by atoms with Gasteiger partial charge in [-0.1, -0.05) is 0 Å². The summed E-state index contributed by atoms with van der Waals surface area (Å²) in [4.78, 5) is 21.0. The zero-order chi connectivity index (χ0) is 8.15. The van der Waals surface area contributed by atoms with E-state index in [1.165, 1.54) is 14.0 Å². The second-order valence-electron chi connectivity index (χ2n) is 1.82. The van der Waals surface area contributed by atoms with Gasteiger partial charge in [0, 0.05) is 14.0 Å². The summed E-state index contributed by atoms with van der Waals surface area (Å²) in [6.45, 7) is 1.20. The fourth-order valence-electron chi connectivity index (χ4n) is 0.345. The molecular formula is C5H11N3O2.